The van der Waals surface area contributed by atoms with Crippen LogP contribution in [-0.2, 0) is 4.74 Å². The van der Waals surface area contributed by atoms with Crippen LogP contribution in [-0.4, -0.2) is 25.3 Å². The molecule has 1 rings (SSSR count). The fourth-order valence-electron chi connectivity index (χ4n) is 2.56. The molecule has 0 heterocycles. The topological polar surface area (TPSA) is 21.3 Å². The Morgan fingerprint density at radius 1 is 1.24 bits per heavy atom. The van der Waals surface area contributed by atoms with E-state index in [2.05, 4.69) is 33.0 Å². The van der Waals surface area contributed by atoms with E-state index in [4.69, 9.17) is 4.74 Å². The van der Waals surface area contributed by atoms with Gasteiger partial charge in [-0.3, -0.25) is 0 Å². The van der Waals surface area contributed by atoms with Crippen LogP contribution in [0.1, 0.15) is 66.2 Å². The highest BCUT2D eigenvalue weighted by molar-refractivity contribution is 4.79. The zero-order chi connectivity index (χ0) is 12.7. The third-order valence-electron chi connectivity index (χ3n) is 3.78. The largest absolute Gasteiger partial charge is 0.379 e. The first kappa shape index (κ1) is 15.0. The summed E-state index contributed by atoms with van der Waals surface area (Å²) in [6.07, 6.45) is 8.35. The van der Waals surface area contributed by atoms with Crippen LogP contribution in [0.15, 0.2) is 0 Å². The second-order valence-corrected chi connectivity index (χ2v) is 6.52. The van der Waals surface area contributed by atoms with Gasteiger partial charge in [-0.05, 0) is 57.9 Å². The van der Waals surface area contributed by atoms with Crippen molar-refractivity contribution in [1.82, 2.24) is 5.32 Å². The standard InChI is InChI=1S/C15H31NO/c1-13(2)17-12-6-11-16-14-7-5-9-15(3,4)10-8-14/h13-14,16H,5-12H2,1-4H3. The van der Waals surface area contributed by atoms with Crippen LogP contribution in [0.25, 0.3) is 0 Å². The monoisotopic (exact) mass is 241 g/mol. The average Bonchev–Trinajstić information content (AvgIpc) is 2.39. The fourth-order valence-corrected chi connectivity index (χ4v) is 2.56. The molecule has 1 saturated carbocycles. The Hall–Kier alpha value is -0.0800. The molecule has 1 atom stereocenters. The van der Waals surface area contributed by atoms with Crippen molar-refractivity contribution in [2.45, 2.75) is 78.4 Å². The summed E-state index contributed by atoms with van der Waals surface area (Å²) in [4.78, 5) is 0. The van der Waals surface area contributed by atoms with Crippen molar-refractivity contribution in [2.75, 3.05) is 13.2 Å². The van der Waals surface area contributed by atoms with E-state index in [-0.39, 0.29) is 0 Å². The molecule has 2 nitrogen and oxygen atoms in total. The lowest BCUT2D eigenvalue weighted by Crippen LogP contribution is -2.30. The Bertz CT molecular complexity index is 201. The molecule has 1 aliphatic carbocycles. The first-order valence-electron chi connectivity index (χ1n) is 7.34. The van der Waals surface area contributed by atoms with Crippen LogP contribution < -0.4 is 5.32 Å². The SMILES string of the molecule is CC(C)OCCCNC1CCCC(C)(C)CC1. The molecule has 102 valence electrons. The van der Waals surface area contributed by atoms with Crippen molar-refractivity contribution in [1.29, 1.82) is 0 Å². The summed E-state index contributed by atoms with van der Waals surface area (Å²) in [6, 6.07) is 0.746. The maximum absolute atomic E-state index is 5.55. The molecule has 2 heteroatoms. The van der Waals surface area contributed by atoms with Gasteiger partial charge < -0.3 is 10.1 Å². The lowest BCUT2D eigenvalue weighted by Gasteiger charge is -2.22. The summed E-state index contributed by atoms with van der Waals surface area (Å²) in [5, 5.41) is 3.69. The molecule has 0 saturated heterocycles. The molecule has 0 bridgehead atoms. The van der Waals surface area contributed by atoms with Gasteiger partial charge in [0.15, 0.2) is 0 Å². The van der Waals surface area contributed by atoms with Gasteiger partial charge in [0.2, 0.25) is 0 Å². The van der Waals surface area contributed by atoms with Crippen molar-refractivity contribution in [3.8, 4) is 0 Å². The van der Waals surface area contributed by atoms with E-state index in [1.807, 2.05) is 0 Å². The highest BCUT2D eigenvalue weighted by atomic mass is 16.5. The summed E-state index contributed by atoms with van der Waals surface area (Å²) < 4.78 is 5.55. The zero-order valence-corrected chi connectivity index (χ0v) is 12.2. The molecule has 0 spiro atoms. The van der Waals surface area contributed by atoms with Crippen LogP contribution in [0.5, 0.6) is 0 Å². The normalized spacial score (nSPS) is 24.9. The zero-order valence-electron chi connectivity index (χ0n) is 12.2. The van der Waals surface area contributed by atoms with Crippen LogP contribution in [0.3, 0.4) is 0 Å². The Morgan fingerprint density at radius 2 is 2.00 bits per heavy atom. The van der Waals surface area contributed by atoms with E-state index < -0.39 is 0 Å². The van der Waals surface area contributed by atoms with Gasteiger partial charge in [0.05, 0.1) is 6.10 Å². The molecule has 1 N–H and O–H groups in total. The van der Waals surface area contributed by atoms with Crippen LogP contribution in [0, 0.1) is 5.41 Å². The number of hydrogen-bond acceptors (Lipinski definition) is 2. The smallest absolute Gasteiger partial charge is 0.0518 e. The van der Waals surface area contributed by atoms with Crippen LogP contribution in [0.2, 0.25) is 0 Å². The fraction of sp³-hybridized carbons (Fsp3) is 1.00. The first-order chi connectivity index (χ1) is 7.99. The molecule has 17 heavy (non-hydrogen) atoms. The molecule has 0 aromatic carbocycles. The van der Waals surface area contributed by atoms with Gasteiger partial charge in [-0.1, -0.05) is 20.3 Å². The third-order valence-corrected chi connectivity index (χ3v) is 3.78. The molecular weight excluding hydrogens is 210 g/mol. The minimum Gasteiger partial charge on any atom is -0.379 e. The molecule has 0 aromatic rings. The van der Waals surface area contributed by atoms with E-state index in [1.165, 1.54) is 32.1 Å². The Kier molecular flexibility index (Phi) is 6.50. The van der Waals surface area contributed by atoms with Gasteiger partial charge >= 0.3 is 0 Å². The quantitative estimate of drug-likeness (QED) is 0.565. The molecule has 1 aliphatic rings. The summed E-state index contributed by atoms with van der Waals surface area (Å²) >= 11 is 0. The molecular formula is C15H31NO. The molecule has 0 radical (unpaired) electrons. The predicted molar refractivity (Wildman–Crippen MR) is 74.4 cm³/mol. The van der Waals surface area contributed by atoms with Gasteiger partial charge in [0, 0.05) is 12.6 Å². The van der Waals surface area contributed by atoms with E-state index >= 15 is 0 Å². The molecule has 0 amide bonds. The Balaban J connectivity index is 2.07. The van der Waals surface area contributed by atoms with Gasteiger partial charge in [-0.25, -0.2) is 0 Å². The van der Waals surface area contributed by atoms with Crippen molar-refractivity contribution < 1.29 is 4.74 Å². The van der Waals surface area contributed by atoms with Gasteiger partial charge in [0.25, 0.3) is 0 Å². The minimum absolute atomic E-state index is 0.369. The highest BCUT2D eigenvalue weighted by Crippen LogP contribution is 2.33. The van der Waals surface area contributed by atoms with E-state index in [0.29, 0.717) is 11.5 Å². The summed E-state index contributed by atoms with van der Waals surface area (Å²) in [5.41, 5.74) is 0.567. The Morgan fingerprint density at radius 3 is 2.71 bits per heavy atom. The van der Waals surface area contributed by atoms with Crippen molar-refractivity contribution in [3.05, 3.63) is 0 Å². The maximum Gasteiger partial charge on any atom is 0.0518 e. The van der Waals surface area contributed by atoms with Crippen molar-refractivity contribution in [2.24, 2.45) is 5.41 Å². The minimum atomic E-state index is 0.369. The molecule has 1 fully saturated rings. The highest BCUT2D eigenvalue weighted by Gasteiger charge is 2.23. The summed E-state index contributed by atoms with van der Waals surface area (Å²) in [6.45, 7) is 11.0. The van der Waals surface area contributed by atoms with Crippen LogP contribution >= 0.6 is 0 Å². The van der Waals surface area contributed by atoms with Crippen molar-refractivity contribution in [3.63, 3.8) is 0 Å². The summed E-state index contributed by atoms with van der Waals surface area (Å²) in [7, 11) is 0. The lowest BCUT2D eigenvalue weighted by molar-refractivity contribution is 0.0766. The van der Waals surface area contributed by atoms with Gasteiger partial charge in [0.1, 0.15) is 0 Å². The second-order valence-electron chi connectivity index (χ2n) is 6.52. The molecule has 0 aliphatic heterocycles. The first-order valence-corrected chi connectivity index (χ1v) is 7.34. The number of ether oxygens (including phenoxy) is 1. The number of rotatable bonds is 6. The van der Waals surface area contributed by atoms with E-state index in [1.54, 1.807) is 0 Å². The average molecular weight is 241 g/mol. The Labute approximate surface area is 108 Å². The second kappa shape index (κ2) is 7.38. The maximum atomic E-state index is 5.55. The molecule has 0 aromatic heterocycles. The van der Waals surface area contributed by atoms with Gasteiger partial charge in [-0.15, -0.1) is 0 Å². The number of hydrogen-bond donors (Lipinski definition) is 1. The third kappa shape index (κ3) is 7.05. The van der Waals surface area contributed by atoms with Crippen LogP contribution in [0.4, 0.5) is 0 Å². The van der Waals surface area contributed by atoms with E-state index in [0.717, 1.165) is 25.6 Å². The van der Waals surface area contributed by atoms with Gasteiger partial charge in [-0.2, -0.15) is 0 Å². The predicted octanol–water partition coefficient (Wildman–Crippen LogP) is 3.75. The molecule has 1 unspecified atom stereocenters. The van der Waals surface area contributed by atoms with E-state index in [9.17, 15) is 0 Å². The number of nitrogens with one attached hydrogen (secondary N) is 1. The van der Waals surface area contributed by atoms with Crippen molar-refractivity contribution >= 4 is 0 Å². The summed E-state index contributed by atoms with van der Waals surface area (Å²) in [5.74, 6) is 0. The lowest BCUT2D eigenvalue weighted by atomic mass is 9.85.